The van der Waals surface area contributed by atoms with Crippen molar-refractivity contribution in [2.24, 2.45) is 0 Å². The van der Waals surface area contributed by atoms with Gasteiger partial charge in [-0.1, -0.05) is 91.0 Å². The molecule has 1 aliphatic heterocycles. The number of Topliss-reactive ketones (excluding diaryl/α,β-unsaturated/α-hetero) is 1. The van der Waals surface area contributed by atoms with Crippen LogP contribution in [0.15, 0.2) is 133 Å². The number of hydrogen-bond donors (Lipinski definition) is 1. The Morgan fingerprint density at radius 2 is 1.33 bits per heavy atom. The molecule has 4 aromatic carbocycles. The Morgan fingerprint density at radius 3 is 1.84 bits per heavy atom. The van der Waals surface area contributed by atoms with Gasteiger partial charge in [-0.15, -0.1) is 12.6 Å². The van der Waals surface area contributed by atoms with Gasteiger partial charge in [-0.05, 0) is 43.8 Å². The fourth-order valence-electron chi connectivity index (χ4n) is 5.90. The molecule has 0 aliphatic carbocycles. The largest absolute Gasteiger partial charge is 0.473 e. The van der Waals surface area contributed by atoms with E-state index >= 15 is 0 Å². The van der Waals surface area contributed by atoms with E-state index in [4.69, 9.17) is 17.4 Å². The van der Waals surface area contributed by atoms with Crippen molar-refractivity contribution in [3.8, 4) is 5.75 Å². The maximum atomic E-state index is 14.5. The number of ketones is 1. The van der Waals surface area contributed by atoms with E-state index in [1.807, 2.05) is 79.7 Å². The number of ether oxygens (including phenoxy) is 1. The summed E-state index contributed by atoms with van der Waals surface area (Å²) in [5.74, 6) is 0.410. The predicted octanol–water partition coefficient (Wildman–Crippen LogP) is 6.88. The smallest absolute Gasteiger partial charge is 0.197 e. The molecule has 0 unspecified atom stereocenters. The summed E-state index contributed by atoms with van der Waals surface area (Å²) < 4.78 is 7.18. The van der Waals surface area contributed by atoms with Crippen molar-refractivity contribution in [2.75, 3.05) is 33.2 Å². The van der Waals surface area contributed by atoms with Gasteiger partial charge < -0.3 is 14.5 Å². The maximum absolute atomic E-state index is 14.5. The topological polar surface area (TPSA) is 58.6 Å². The first-order chi connectivity index (χ1) is 22.0. The minimum Gasteiger partial charge on any atom is -0.473 e. The van der Waals surface area contributed by atoms with Crippen molar-refractivity contribution < 1.29 is 9.53 Å². The van der Waals surface area contributed by atoms with Gasteiger partial charge in [0, 0.05) is 54.6 Å². The number of hydrogen-bond acceptors (Lipinski definition) is 7. The van der Waals surface area contributed by atoms with Crippen LogP contribution in [0, 0.1) is 6.92 Å². The number of piperazine rings is 1. The van der Waals surface area contributed by atoms with Crippen LogP contribution in [0.5, 0.6) is 5.75 Å². The first-order valence-electron chi connectivity index (χ1n) is 15.1. The summed E-state index contributed by atoms with van der Waals surface area (Å²) in [5, 5.41) is 0.614. The number of aryl methyl sites for hydroxylation is 1. The van der Waals surface area contributed by atoms with Crippen molar-refractivity contribution in [3.63, 3.8) is 0 Å². The first kappa shape index (κ1) is 30.3. The Hall–Kier alpha value is -4.72. The van der Waals surface area contributed by atoms with Gasteiger partial charge in [-0.2, -0.15) is 0 Å². The molecule has 0 amide bonds. The molecular formula is C38H36N4O2S. The number of carbonyl (C=O) groups excluding carboxylic acids is 1. The van der Waals surface area contributed by atoms with Crippen LogP contribution < -0.4 is 4.74 Å². The third kappa shape index (κ3) is 6.41. The van der Waals surface area contributed by atoms with E-state index in [9.17, 15) is 4.79 Å². The molecule has 0 saturated carbocycles. The molecule has 226 valence electrons. The van der Waals surface area contributed by atoms with Crippen LogP contribution in [0.2, 0.25) is 0 Å². The lowest BCUT2D eigenvalue weighted by molar-refractivity contribution is 0.105. The van der Waals surface area contributed by atoms with Crippen LogP contribution >= 0.6 is 12.6 Å². The van der Waals surface area contributed by atoms with Crippen LogP contribution in [0.3, 0.4) is 0 Å². The van der Waals surface area contributed by atoms with Crippen molar-refractivity contribution in [1.82, 2.24) is 19.8 Å². The summed E-state index contributed by atoms with van der Waals surface area (Å²) >= 11 is 4.94. The van der Waals surface area contributed by atoms with Gasteiger partial charge in [-0.25, -0.2) is 9.97 Å². The Morgan fingerprint density at radius 1 is 0.778 bits per heavy atom. The zero-order chi connectivity index (χ0) is 31.2. The van der Waals surface area contributed by atoms with Crippen LogP contribution in [-0.2, 0) is 5.60 Å². The molecule has 1 aromatic heterocycles. The third-order valence-corrected chi connectivity index (χ3v) is 8.72. The van der Waals surface area contributed by atoms with Crippen molar-refractivity contribution in [3.05, 3.63) is 166 Å². The number of likely N-dealkylation sites (N-methyl/N-ethyl adjacent to an activating group) is 1. The van der Waals surface area contributed by atoms with E-state index in [-0.39, 0.29) is 5.78 Å². The summed E-state index contributed by atoms with van der Waals surface area (Å²) in [6.45, 7) is 5.30. The number of benzene rings is 4. The number of rotatable bonds is 9. The molecule has 0 spiro atoms. The van der Waals surface area contributed by atoms with Gasteiger partial charge in [0.15, 0.2) is 11.4 Å². The Labute approximate surface area is 270 Å². The van der Waals surface area contributed by atoms with Gasteiger partial charge in [0.1, 0.15) is 12.1 Å². The molecular weight excluding hydrogens is 577 g/mol. The van der Waals surface area contributed by atoms with Gasteiger partial charge in [0.2, 0.25) is 0 Å². The minimum absolute atomic E-state index is 0.170. The second-order valence-corrected chi connectivity index (χ2v) is 11.8. The molecule has 1 fully saturated rings. The highest BCUT2D eigenvalue weighted by Crippen LogP contribution is 2.42. The normalized spacial score (nSPS) is 14.5. The van der Waals surface area contributed by atoms with Gasteiger partial charge in [0.25, 0.3) is 0 Å². The SMILES string of the molecule is Cc1cc(OC(c2ccccc2)(c2ccccc2)c2ccccc2)cc(C(=O)C(=C(S)N2CCN(C)CC2)c2ccncn2)c1. The lowest BCUT2D eigenvalue weighted by atomic mass is 9.80. The third-order valence-electron chi connectivity index (χ3n) is 8.22. The lowest BCUT2D eigenvalue weighted by Gasteiger charge is -2.36. The summed E-state index contributed by atoms with van der Waals surface area (Å²) in [7, 11) is 2.10. The molecule has 7 heteroatoms. The van der Waals surface area contributed by atoms with Gasteiger partial charge in [-0.3, -0.25) is 4.79 Å². The standard InChI is InChI=1S/C38H36N4O2S/c1-28-24-29(36(43)35(34-18-19-39-27-40-34)37(45)42-22-20-41(2)21-23-42)26-33(25-28)44-38(30-12-6-3-7-13-30,31-14-8-4-9-15-31)32-16-10-5-11-17-32/h3-19,24-27,45H,20-23H2,1-2H3. The number of thiol groups is 1. The molecule has 0 N–H and O–H groups in total. The molecule has 1 saturated heterocycles. The van der Waals surface area contributed by atoms with E-state index in [1.165, 1.54) is 6.33 Å². The quantitative estimate of drug-likeness (QED) is 0.0848. The zero-order valence-electron chi connectivity index (χ0n) is 25.5. The number of nitrogens with zero attached hydrogens (tertiary/aromatic N) is 4. The van der Waals surface area contributed by atoms with Crippen LogP contribution in [0.1, 0.15) is 38.3 Å². The Kier molecular flexibility index (Phi) is 9.10. The Balaban J connectivity index is 1.48. The van der Waals surface area contributed by atoms with Crippen LogP contribution in [-0.4, -0.2) is 58.8 Å². The fourth-order valence-corrected chi connectivity index (χ4v) is 6.32. The molecule has 6 nitrogen and oxygen atoms in total. The summed E-state index contributed by atoms with van der Waals surface area (Å²) in [6.07, 6.45) is 3.12. The predicted molar refractivity (Wildman–Crippen MR) is 182 cm³/mol. The summed E-state index contributed by atoms with van der Waals surface area (Å²) in [5.41, 5.74) is 4.35. The van der Waals surface area contributed by atoms with E-state index in [2.05, 4.69) is 63.2 Å². The summed E-state index contributed by atoms with van der Waals surface area (Å²) in [4.78, 5) is 27.5. The van der Waals surface area contributed by atoms with Crippen LogP contribution in [0.25, 0.3) is 5.57 Å². The molecule has 5 aromatic rings. The highest BCUT2D eigenvalue weighted by Gasteiger charge is 2.39. The minimum atomic E-state index is -0.974. The molecule has 0 bridgehead atoms. The average molecular weight is 613 g/mol. The molecule has 1 aliphatic rings. The van der Waals surface area contributed by atoms with E-state index < -0.39 is 5.60 Å². The number of allylic oxidation sites excluding steroid dienone is 1. The first-order valence-corrected chi connectivity index (χ1v) is 15.6. The van der Waals surface area contributed by atoms with Crippen molar-refractivity contribution in [2.45, 2.75) is 12.5 Å². The molecule has 2 heterocycles. The van der Waals surface area contributed by atoms with Gasteiger partial charge >= 0.3 is 0 Å². The van der Waals surface area contributed by atoms with Crippen LogP contribution in [0.4, 0.5) is 0 Å². The number of carbonyl (C=O) groups is 1. The van der Waals surface area contributed by atoms with E-state index in [1.54, 1.807) is 12.3 Å². The van der Waals surface area contributed by atoms with E-state index in [0.717, 1.165) is 48.4 Å². The number of aromatic nitrogens is 2. The fraction of sp³-hybridized carbons (Fsp3) is 0.184. The maximum Gasteiger partial charge on any atom is 0.197 e. The lowest BCUT2D eigenvalue weighted by Crippen LogP contribution is -2.43. The molecule has 6 rings (SSSR count). The van der Waals surface area contributed by atoms with Crippen molar-refractivity contribution >= 4 is 24.0 Å². The second kappa shape index (κ2) is 13.5. The molecule has 45 heavy (non-hydrogen) atoms. The average Bonchev–Trinajstić information content (AvgIpc) is 3.09. The zero-order valence-corrected chi connectivity index (χ0v) is 26.4. The monoisotopic (exact) mass is 612 g/mol. The summed E-state index contributed by atoms with van der Waals surface area (Å²) in [6, 6.07) is 38.1. The molecule has 0 atom stereocenters. The van der Waals surface area contributed by atoms with Gasteiger partial charge in [0.05, 0.1) is 16.3 Å². The Bertz CT molecular complexity index is 1680. The van der Waals surface area contributed by atoms with E-state index in [0.29, 0.717) is 27.6 Å². The second-order valence-electron chi connectivity index (χ2n) is 11.3. The highest BCUT2D eigenvalue weighted by atomic mass is 32.1. The van der Waals surface area contributed by atoms with Crippen molar-refractivity contribution in [1.29, 1.82) is 0 Å². The molecule has 0 radical (unpaired) electrons. The highest BCUT2D eigenvalue weighted by molar-refractivity contribution is 7.84.